The molecule has 1 heterocycles. The Morgan fingerprint density at radius 1 is 1.05 bits per heavy atom. The highest BCUT2D eigenvalue weighted by atomic mass is 35.7. The average Bonchev–Trinajstić information content (AvgIpc) is 2.81. The molecule has 0 fully saturated rings. The molecule has 2 aromatic carbocycles. The van der Waals surface area contributed by atoms with Crippen LogP contribution in [0.1, 0.15) is 5.56 Å². The van der Waals surface area contributed by atoms with Gasteiger partial charge in [-0.1, -0.05) is 36.4 Å². The molecule has 0 unspecified atom stereocenters. The van der Waals surface area contributed by atoms with Crippen molar-refractivity contribution in [1.82, 2.24) is 4.98 Å². The minimum absolute atomic E-state index is 0.194. The number of halogens is 1. The maximum Gasteiger partial charge on any atom is 0.236 e. The lowest BCUT2D eigenvalue weighted by Gasteiger charge is -2.04. The van der Waals surface area contributed by atoms with E-state index in [0.29, 0.717) is 5.56 Å². The van der Waals surface area contributed by atoms with Crippen molar-refractivity contribution in [3.05, 3.63) is 54.1 Å². The Labute approximate surface area is 125 Å². The third kappa shape index (κ3) is 2.85. The number of thiazole rings is 1. The van der Waals surface area contributed by atoms with Crippen LogP contribution >= 0.6 is 22.0 Å². The normalized spacial score (nSPS) is 11.8. The zero-order chi connectivity index (χ0) is 14.2. The van der Waals surface area contributed by atoms with Gasteiger partial charge in [0.2, 0.25) is 9.05 Å². The first-order chi connectivity index (χ1) is 9.53. The van der Waals surface area contributed by atoms with Gasteiger partial charge in [0.1, 0.15) is 5.01 Å². The van der Waals surface area contributed by atoms with Gasteiger partial charge in [-0.05, 0) is 17.7 Å². The monoisotopic (exact) mass is 323 g/mol. The van der Waals surface area contributed by atoms with Crippen LogP contribution in [0.2, 0.25) is 0 Å². The summed E-state index contributed by atoms with van der Waals surface area (Å²) in [6, 6.07) is 15.1. The molecule has 3 nitrogen and oxygen atoms in total. The molecular formula is C14H10ClNO2S2. The lowest BCUT2D eigenvalue weighted by Crippen LogP contribution is -1.97. The molecule has 20 heavy (non-hydrogen) atoms. The molecule has 0 amide bonds. The molecule has 0 aliphatic rings. The molecule has 102 valence electrons. The van der Waals surface area contributed by atoms with Crippen LogP contribution in [0.4, 0.5) is 0 Å². The second kappa shape index (κ2) is 5.16. The summed E-state index contributed by atoms with van der Waals surface area (Å²) in [5.74, 6) is -0.194. The van der Waals surface area contributed by atoms with Crippen molar-refractivity contribution >= 4 is 41.3 Å². The van der Waals surface area contributed by atoms with Crippen LogP contribution in [-0.2, 0) is 14.8 Å². The topological polar surface area (TPSA) is 47.0 Å². The minimum Gasteiger partial charge on any atom is -0.236 e. The van der Waals surface area contributed by atoms with Gasteiger partial charge in [0.15, 0.2) is 0 Å². The number of rotatable bonds is 3. The summed E-state index contributed by atoms with van der Waals surface area (Å²) in [6.07, 6.45) is 0. The lowest BCUT2D eigenvalue weighted by molar-refractivity contribution is 0.609. The maximum absolute atomic E-state index is 11.3. The summed E-state index contributed by atoms with van der Waals surface area (Å²) in [7, 11) is 1.77. The fourth-order valence-electron chi connectivity index (χ4n) is 2.03. The summed E-state index contributed by atoms with van der Waals surface area (Å²) >= 11 is 1.54. The molecule has 6 heteroatoms. The summed E-state index contributed by atoms with van der Waals surface area (Å²) in [4.78, 5) is 4.55. The molecule has 0 saturated heterocycles. The lowest BCUT2D eigenvalue weighted by atomic mass is 10.1. The highest BCUT2D eigenvalue weighted by molar-refractivity contribution is 8.13. The molecule has 0 atom stereocenters. The molecule has 0 saturated carbocycles. The summed E-state index contributed by atoms with van der Waals surface area (Å²) < 4.78 is 23.7. The highest BCUT2D eigenvalue weighted by Gasteiger charge is 2.14. The number of fused-ring (bicyclic) bond motifs is 1. The van der Waals surface area contributed by atoms with E-state index >= 15 is 0 Å². The van der Waals surface area contributed by atoms with Crippen LogP contribution in [0.25, 0.3) is 20.8 Å². The zero-order valence-corrected chi connectivity index (χ0v) is 12.7. The van der Waals surface area contributed by atoms with E-state index in [2.05, 4.69) is 4.98 Å². The van der Waals surface area contributed by atoms with Crippen molar-refractivity contribution in [3.63, 3.8) is 0 Å². The van der Waals surface area contributed by atoms with Crippen molar-refractivity contribution in [3.8, 4) is 10.6 Å². The number of benzene rings is 2. The van der Waals surface area contributed by atoms with E-state index in [0.717, 1.165) is 20.8 Å². The molecule has 1 aromatic heterocycles. The van der Waals surface area contributed by atoms with Crippen LogP contribution in [-0.4, -0.2) is 13.4 Å². The van der Waals surface area contributed by atoms with E-state index < -0.39 is 9.05 Å². The Kier molecular flexibility index (Phi) is 3.50. The van der Waals surface area contributed by atoms with Crippen LogP contribution in [0.3, 0.4) is 0 Å². The fourth-order valence-corrected chi connectivity index (χ4v) is 4.03. The second-order valence-electron chi connectivity index (χ2n) is 4.33. The van der Waals surface area contributed by atoms with Crippen molar-refractivity contribution in [1.29, 1.82) is 0 Å². The van der Waals surface area contributed by atoms with Gasteiger partial charge in [-0.2, -0.15) is 0 Å². The van der Waals surface area contributed by atoms with Gasteiger partial charge >= 0.3 is 0 Å². The minimum atomic E-state index is -3.59. The van der Waals surface area contributed by atoms with Crippen LogP contribution in [0.15, 0.2) is 48.5 Å². The van der Waals surface area contributed by atoms with E-state index in [4.69, 9.17) is 10.7 Å². The number of nitrogens with zero attached hydrogens (tertiary/aromatic N) is 1. The molecule has 0 aliphatic carbocycles. The number of para-hydroxylation sites is 1. The smallest absolute Gasteiger partial charge is 0.236 e. The Bertz CT molecular complexity index is 839. The third-order valence-electron chi connectivity index (χ3n) is 2.87. The number of aromatic nitrogens is 1. The van der Waals surface area contributed by atoms with E-state index in [1.54, 1.807) is 23.5 Å². The highest BCUT2D eigenvalue weighted by Crippen LogP contribution is 2.32. The predicted octanol–water partition coefficient (Wildman–Crippen LogP) is 4.03. The molecule has 0 radical (unpaired) electrons. The maximum atomic E-state index is 11.3. The van der Waals surface area contributed by atoms with Crippen LogP contribution in [0.5, 0.6) is 0 Å². The first-order valence-corrected chi connectivity index (χ1v) is 9.18. The molecule has 0 N–H and O–H groups in total. The van der Waals surface area contributed by atoms with Gasteiger partial charge in [0.05, 0.1) is 16.0 Å². The van der Waals surface area contributed by atoms with E-state index in [9.17, 15) is 8.42 Å². The van der Waals surface area contributed by atoms with Crippen molar-refractivity contribution in [2.45, 2.75) is 5.75 Å². The van der Waals surface area contributed by atoms with Crippen molar-refractivity contribution in [2.24, 2.45) is 0 Å². The molecule has 3 rings (SSSR count). The second-order valence-corrected chi connectivity index (χ2v) is 8.13. The first-order valence-electron chi connectivity index (χ1n) is 5.89. The Morgan fingerprint density at radius 2 is 1.75 bits per heavy atom. The largest absolute Gasteiger partial charge is 0.236 e. The molecule has 3 aromatic rings. The van der Waals surface area contributed by atoms with Crippen molar-refractivity contribution in [2.75, 3.05) is 0 Å². The first kappa shape index (κ1) is 13.5. The van der Waals surface area contributed by atoms with Gasteiger partial charge in [0, 0.05) is 16.2 Å². The van der Waals surface area contributed by atoms with E-state index in [-0.39, 0.29) is 5.75 Å². The van der Waals surface area contributed by atoms with Crippen LogP contribution < -0.4 is 0 Å². The average molecular weight is 324 g/mol. The van der Waals surface area contributed by atoms with Gasteiger partial charge < -0.3 is 0 Å². The fraction of sp³-hybridized carbons (Fsp3) is 0.0714. The predicted molar refractivity (Wildman–Crippen MR) is 83.5 cm³/mol. The summed E-state index contributed by atoms with van der Waals surface area (Å²) in [5, 5.41) is 0.808. The molecule has 0 aliphatic heterocycles. The number of hydrogen-bond donors (Lipinski definition) is 0. The Balaban J connectivity index is 2.14. The third-order valence-corrected chi connectivity index (χ3v) is 4.92. The zero-order valence-electron chi connectivity index (χ0n) is 10.3. The number of hydrogen-bond acceptors (Lipinski definition) is 4. The van der Waals surface area contributed by atoms with Crippen molar-refractivity contribution < 1.29 is 8.42 Å². The Morgan fingerprint density at radius 3 is 2.50 bits per heavy atom. The SMILES string of the molecule is O=S(=O)(Cl)Cc1ccccc1-c1nc2ccccc2s1. The van der Waals surface area contributed by atoms with E-state index in [1.165, 1.54) is 0 Å². The van der Waals surface area contributed by atoms with Gasteiger partial charge in [-0.25, -0.2) is 13.4 Å². The molecule has 0 bridgehead atoms. The standard InChI is InChI=1S/C14H10ClNO2S2/c15-20(17,18)9-10-5-1-2-6-11(10)14-16-12-7-3-4-8-13(12)19-14/h1-8H,9H2. The Hall–Kier alpha value is -1.43. The van der Waals surface area contributed by atoms with Gasteiger partial charge in [-0.3, -0.25) is 0 Å². The van der Waals surface area contributed by atoms with Gasteiger partial charge in [-0.15, -0.1) is 11.3 Å². The molecular weight excluding hydrogens is 314 g/mol. The quantitative estimate of drug-likeness (QED) is 0.684. The van der Waals surface area contributed by atoms with Gasteiger partial charge in [0.25, 0.3) is 0 Å². The summed E-state index contributed by atoms with van der Waals surface area (Å²) in [6.45, 7) is 0. The summed E-state index contributed by atoms with van der Waals surface area (Å²) in [5.41, 5.74) is 2.40. The van der Waals surface area contributed by atoms with E-state index in [1.807, 2.05) is 36.4 Å². The van der Waals surface area contributed by atoms with Crippen LogP contribution in [0, 0.1) is 0 Å². The molecule has 0 spiro atoms.